The Morgan fingerprint density at radius 3 is 1.62 bits per heavy atom. The van der Waals surface area contributed by atoms with Crippen molar-refractivity contribution in [2.24, 2.45) is 0 Å². The number of phenolic OH excluding ortho intramolecular Hbond substituents is 3. The zero-order valence-corrected chi connectivity index (χ0v) is 40.8. The minimum absolute atomic E-state index is 0. The molecular formula is C45H48N5NaO9S3. The number of Topliss-reactive ketones (excluding diaryl/α,β-unsaturated/α-hetero) is 1. The van der Waals surface area contributed by atoms with Gasteiger partial charge < -0.3 is 30.9 Å². The summed E-state index contributed by atoms with van der Waals surface area (Å²) in [5.74, 6) is 0.602. The zero-order valence-electron chi connectivity index (χ0n) is 36.3. The van der Waals surface area contributed by atoms with Gasteiger partial charge in [0.05, 0.1) is 54.8 Å². The number of aryl methyl sites for hydroxylation is 6. The molecule has 0 unspecified atom stereocenters. The van der Waals surface area contributed by atoms with Crippen LogP contribution in [0.25, 0.3) is 27.9 Å². The van der Waals surface area contributed by atoms with E-state index in [0.29, 0.717) is 28.1 Å². The second-order valence-corrected chi connectivity index (χ2v) is 15.7. The molecule has 4 aromatic heterocycles. The molecule has 4 heterocycles. The Kier molecular flexibility index (Phi) is 24.3. The molecule has 14 nitrogen and oxygen atoms in total. The third-order valence-corrected chi connectivity index (χ3v) is 11.1. The average molecular weight is 922 g/mol. The first-order valence-corrected chi connectivity index (χ1v) is 21.1. The van der Waals surface area contributed by atoms with E-state index in [1.165, 1.54) is 59.1 Å². The van der Waals surface area contributed by atoms with Gasteiger partial charge in [-0.3, -0.25) is 14.4 Å². The number of nitrogens with zero attached hydrogens (tertiary/aromatic N) is 4. The number of thiazole rings is 3. The number of aromatic hydroxyl groups is 3. The van der Waals surface area contributed by atoms with Crippen molar-refractivity contribution in [1.82, 2.24) is 24.9 Å². The third kappa shape index (κ3) is 17.3. The molecule has 0 saturated heterocycles. The van der Waals surface area contributed by atoms with Crippen LogP contribution in [0.4, 0.5) is 0 Å². The molecule has 0 spiro atoms. The number of aliphatic hydroxyl groups excluding tert-OH is 1. The predicted octanol–water partition coefficient (Wildman–Crippen LogP) is 6.24. The fraction of sp³-hybridized carbons (Fsp3) is 0.200. The van der Waals surface area contributed by atoms with Gasteiger partial charge in [-0.1, -0.05) is 0 Å². The summed E-state index contributed by atoms with van der Waals surface area (Å²) in [6, 6.07) is 16.6. The number of ketones is 2. The van der Waals surface area contributed by atoms with Crippen molar-refractivity contribution in [3.63, 3.8) is 0 Å². The maximum absolute atomic E-state index is 11.9. The van der Waals surface area contributed by atoms with E-state index in [0.717, 1.165) is 54.7 Å². The van der Waals surface area contributed by atoms with Gasteiger partial charge in [-0.25, -0.2) is 19.7 Å². The molecule has 0 radical (unpaired) electrons. The van der Waals surface area contributed by atoms with Crippen molar-refractivity contribution >= 4 is 57.9 Å². The Morgan fingerprint density at radius 1 is 0.698 bits per heavy atom. The summed E-state index contributed by atoms with van der Waals surface area (Å²) >= 11 is 4.34. The number of hydrogen-bond donors (Lipinski definition) is 5. The molecule has 0 amide bonds. The summed E-state index contributed by atoms with van der Waals surface area (Å²) in [5, 5.41) is 35.7. The van der Waals surface area contributed by atoms with Crippen LogP contribution < -0.4 is 35.2 Å². The first kappa shape index (κ1) is 55.5. The van der Waals surface area contributed by atoms with E-state index < -0.39 is 5.69 Å². The Labute approximate surface area is 399 Å². The molecule has 0 aliphatic heterocycles. The number of carbonyl (C=O) groups excluding carboxylic acids is 3. The molecule has 0 bridgehead atoms. The van der Waals surface area contributed by atoms with E-state index in [9.17, 15) is 29.4 Å². The number of H-pyrrole nitrogens is 1. The number of aromatic nitrogens is 5. The van der Waals surface area contributed by atoms with Crippen LogP contribution in [0.15, 0.2) is 88.1 Å². The monoisotopic (exact) mass is 921 g/mol. The first-order chi connectivity index (χ1) is 29.0. The predicted molar refractivity (Wildman–Crippen MR) is 245 cm³/mol. The first-order valence-electron chi connectivity index (χ1n) is 18.5. The SMILES string of the molecule is CC(=O)c1ccc(O)c(C)c1.CCO.Cc1cc(-c2cc(-c3scnc3C)[nH]c(=O)n2)ccc1O.Cc1cc(C(=O)/C=C/c2scnc2C)ccc1O.Cc1ncsc1C=O.[Na+].[OH-]. The van der Waals surface area contributed by atoms with Crippen LogP contribution in [0.1, 0.15) is 82.9 Å². The minimum atomic E-state index is -0.402. The number of hydrogen-bond acceptors (Lipinski definition) is 16. The van der Waals surface area contributed by atoms with Crippen molar-refractivity contribution in [1.29, 1.82) is 0 Å². The van der Waals surface area contributed by atoms with E-state index in [-0.39, 0.29) is 70.5 Å². The number of rotatable bonds is 7. The van der Waals surface area contributed by atoms with Gasteiger partial charge in [0.1, 0.15) is 17.2 Å². The number of carbonyl (C=O) groups is 3. The maximum Gasteiger partial charge on any atom is 1.00 e. The molecule has 0 aliphatic rings. The number of phenols is 3. The second kappa shape index (κ2) is 27.5. The van der Waals surface area contributed by atoms with Gasteiger partial charge in [0, 0.05) is 28.2 Å². The molecule has 18 heteroatoms. The van der Waals surface area contributed by atoms with Crippen molar-refractivity contribution in [2.75, 3.05) is 6.61 Å². The van der Waals surface area contributed by atoms with E-state index >= 15 is 0 Å². The van der Waals surface area contributed by atoms with E-state index in [2.05, 4.69) is 24.9 Å². The largest absolute Gasteiger partial charge is 1.00 e. The molecule has 6 N–H and O–H groups in total. The summed E-state index contributed by atoms with van der Waals surface area (Å²) in [7, 11) is 0. The summed E-state index contributed by atoms with van der Waals surface area (Å²) in [6.45, 7) is 14.4. The van der Waals surface area contributed by atoms with Crippen LogP contribution >= 0.6 is 34.0 Å². The van der Waals surface area contributed by atoms with Crippen LogP contribution in [-0.4, -0.2) is 75.3 Å². The Hall–Kier alpha value is -5.50. The average Bonchev–Trinajstić information content (AvgIpc) is 3.98. The van der Waals surface area contributed by atoms with Gasteiger partial charge >= 0.3 is 35.2 Å². The van der Waals surface area contributed by atoms with E-state index in [4.69, 9.17) is 10.2 Å². The minimum Gasteiger partial charge on any atom is -0.870 e. The standard InChI is InChI=1S/C15H13N3O2S.C14H13NO2S.C9H10O2.C5H5NOS.C2H6O.Na.H2O/c1-8-5-10(3-4-13(8)19)11-6-12(18-15(20)17-11)14-9(2)16-7-21-14;1-9-7-11(3-4-12(9)16)13(17)5-6-14-10(2)15-8-18-14;1-6-5-8(7(2)10)3-4-9(6)11;1-4-5(2-7)8-3-6-4;1-2-3;;/h3-7,19H,1-2H3,(H,17,18,20);3-8,16H,1-2H3;3-5,11H,1-2H3;2-3H,1H3;3H,2H2,1H3;;1H2/q;;;;;+1;/p-1/b;6-5+;;;;;. The van der Waals surface area contributed by atoms with Crippen molar-refractivity contribution < 1.29 is 69.8 Å². The summed E-state index contributed by atoms with van der Waals surface area (Å²) < 4.78 is 0. The number of allylic oxidation sites excluding steroid dienone is 1. The molecule has 3 aromatic carbocycles. The Bertz CT molecular complexity index is 2670. The fourth-order valence-electron chi connectivity index (χ4n) is 4.93. The topological polar surface area (TPSA) is 247 Å². The summed E-state index contributed by atoms with van der Waals surface area (Å²) in [5.41, 5.74) is 12.8. The molecule has 63 heavy (non-hydrogen) atoms. The molecule has 0 saturated carbocycles. The van der Waals surface area contributed by atoms with Gasteiger partial charge in [-0.15, -0.1) is 34.0 Å². The number of aliphatic hydroxyl groups is 1. The van der Waals surface area contributed by atoms with Gasteiger partial charge in [0.2, 0.25) is 0 Å². The number of nitrogens with one attached hydrogen (secondary N) is 1. The zero-order chi connectivity index (χ0) is 45.2. The molecule has 0 fully saturated rings. The van der Waals surface area contributed by atoms with Crippen LogP contribution in [-0.2, 0) is 0 Å². The fourth-order valence-corrected chi connectivity index (χ4v) is 7.00. The molecule has 326 valence electrons. The van der Waals surface area contributed by atoms with Crippen LogP contribution in [0.3, 0.4) is 0 Å². The quantitative estimate of drug-likeness (QED) is 0.0515. The maximum atomic E-state index is 11.9. The molecular weight excluding hydrogens is 874 g/mol. The number of aldehydes is 1. The van der Waals surface area contributed by atoms with Crippen LogP contribution in [0.2, 0.25) is 0 Å². The normalized spacial score (nSPS) is 9.86. The number of aromatic amines is 1. The summed E-state index contributed by atoms with van der Waals surface area (Å²) in [4.78, 5) is 66.2. The third-order valence-electron chi connectivity index (χ3n) is 8.37. The Morgan fingerprint density at radius 2 is 1.17 bits per heavy atom. The van der Waals surface area contributed by atoms with E-state index in [1.807, 2.05) is 26.8 Å². The molecule has 0 aliphatic carbocycles. The van der Waals surface area contributed by atoms with Crippen LogP contribution in [0, 0.1) is 41.5 Å². The van der Waals surface area contributed by atoms with Crippen LogP contribution in [0.5, 0.6) is 17.2 Å². The van der Waals surface area contributed by atoms with Gasteiger partial charge in [-0.2, -0.15) is 4.98 Å². The number of benzene rings is 3. The second-order valence-electron chi connectivity index (χ2n) is 13.0. The van der Waals surface area contributed by atoms with Gasteiger partial charge in [0.15, 0.2) is 17.9 Å². The van der Waals surface area contributed by atoms with Crippen molar-refractivity contribution in [3.05, 3.63) is 148 Å². The Balaban J connectivity index is 0.000000428. The van der Waals surface area contributed by atoms with Gasteiger partial charge in [0.25, 0.3) is 0 Å². The smallest absolute Gasteiger partial charge is 0.870 e. The summed E-state index contributed by atoms with van der Waals surface area (Å²) in [6.07, 6.45) is 4.14. The molecule has 0 atom stereocenters. The van der Waals surface area contributed by atoms with Crippen molar-refractivity contribution in [2.45, 2.75) is 55.4 Å². The van der Waals surface area contributed by atoms with Gasteiger partial charge in [-0.05, 0) is 145 Å². The molecule has 7 aromatic rings. The van der Waals surface area contributed by atoms with Crippen molar-refractivity contribution in [3.8, 4) is 39.1 Å². The van der Waals surface area contributed by atoms with E-state index in [1.54, 1.807) is 92.8 Å². The molecule has 7 rings (SSSR count).